The Morgan fingerprint density at radius 2 is 1.68 bits per heavy atom. The SMILES string of the molecule is CC[C@@H](NC(=O)c1ccc(CN2CCCCC2)cc1)c1ccccc1. The number of carbonyl (C=O) groups is 1. The number of piperidine rings is 1. The molecular weight excluding hydrogens is 308 g/mol. The van der Waals surface area contributed by atoms with Crippen LogP contribution in [0.1, 0.15) is 60.1 Å². The Labute approximate surface area is 151 Å². The van der Waals surface area contributed by atoms with E-state index in [0.29, 0.717) is 0 Å². The maximum absolute atomic E-state index is 12.6. The smallest absolute Gasteiger partial charge is 0.251 e. The summed E-state index contributed by atoms with van der Waals surface area (Å²) >= 11 is 0. The standard InChI is InChI=1S/C22H28N2O/c1-2-21(19-9-5-3-6-10-19)23-22(25)20-13-11-18(12-14-20)17-24-15-7-4-8-16-24/h3,5-6,9-14,21H,2,4,7-8,15-17H2,1H3,(H,23,25)/t21-/m1/s1. The lowest BCUT2D eigenvalue weighted by Gasteiger charge is -2.26. The average molecular weight is 336 g/mol. The van der Waals surface area contributed by atoms with Crippen molar-refractivity contribution in [1.82, 2.24) is 10.2 Å². The summed E-state index contributed by atoms with van der Waals surface area (Å²) < 4.78 is 0. The number of likely N-dealkylation sites (tertiary alicyclic amines) is 1. The van der Waals surface area contributed by atoms with Gasteiger partial charge >= 0.3 is 0 Å². The van der Waals surface area contributed by atoms with Crippen LogP contribution in [0.15, 0.2) is 54.6 Å². The number of benzene rings is 2. The highest BCUT2D eigenvalue weighted by atomic mass is 16.1. The van der Waals surface area contributed by atoms with Gasteiger partial charge in [0.15, 0.2) is 0 Å². The van der Waals surface area contributed by atoms with Gasteiger partial charge in [-0.2, -0.15) is 0 Å². The van der Waals surface area contributed by atoms with Gasteiger partial charge in [0.05, 0.1) is 6.04 Å². The van der Waals surface area contributed by atoms with Crippen LogP contribution >= 0.6 is 0 Å². The van der Waals surface area contributed by atoms with Crippen LogP contribution in [0.3, 0.4) is 0 Å². The summed E-state index contributed by atoms with van der Waals surface area (Å²) in [6.45, 7) is 5.47. The first kappa shape index (κ1) is 17.7. The van der Waals surface area contributed by atoms with Gasteiger partial charge in [-0.1, -0.05) is 55.8 Å². The molecule has 1 saturated heterocycles. The zero-order valence-corrected chi connectivity index (χ0v) is 15.1. The second kappa shape index (κ2) is 8.82. The summed E-state index contributed by atoms with van der Waals surface area (Å²) in [5.74, 6) is 0.000209. The number of hydrogen-bond donors (Lipinski definition) is 1. The van der Waals surface area contributed by atoms with Crippen molar-refractivity contribution in [1.29, 1.82) is 0 Å². The molecule has 0 aliphatic carbocycles. The number of rotatable bonds is 6. The molecule has 25 heavy (non-hydrogen) atoms. The van der Waals surface area contributed by atoms with E-state index in [1.807, 2.05) is 30.3 Å². The van der Waals surface area contributed by atoms with E-state index in [1.165, 1.54) is 37.9 Å². The predicted octanol–water partition coefficient (Wildman–Crippen LogP) is 4.55. The van der Waals surface area contributed by atoms with E-state index in [2.05, 4.69) is 41.4 Å². The summed E-state index contributed by atoms with van der Waals surface area (Å²) in [6.07, 6.45) is 4.84. The molecule has 0 saturated carbocycles. The van der Waals surface area contributed by atoms with Crippen LogP contribution in [-0.4, -0.2) is 23.9 Å². The topological polar surface area (TPSA) is 32.3 Å². The third-order valence-electron chi connectivity index (χ3n) is 4.99. The third kappa shape index (κ3) is 4.93. The van der Waals surface area contributed by atoms with Crippen molar-refractivity contribution in [3.63, 3.8) is 0 Å². The highest BCUT2D eigenvalue weighted by molar-refractivity contribution is 5.94. The van der Waals surface area contributed by atoms with Crippen molar-refractivity contribution in [3.8, 4) is 0 Å². The van der Waals surface area contributed by atoms with Crippen LogP contribution in [0, 0.1) is 0 Å². The quantitative estimate of drug-likeness (QED) is 0.839. The maximum atomic E-state index is 12.6. The second-order valence-corrected chi connectivity index (χ2v) is 6.88. The van der Waals surface area contributed by atoms with Gasteiger partial charge in [-0.3, -0.25) is 9.69 Å². The molecule has 1 aliphatic rings. The number of nitrogens with zero attached hydrogens (tertiary/aromatic N) is 1. The van der Waals surface area contributed by atoms with Gasteiger partial charge in [0.2, 0.25) is 0 Å². The molecule has 0 radical (unpaired) electrons. The zero-order valence-electron chi connectivity index (χ0n) is 15.1. The normalized spacial score (nSPS) is 16.4. The molecule has 1 amide bonds. The minimum atomic E-state index is 0.000209. The summed E-state index contributed by atoms with van der Waals surface area (Å²) in [6, 6.07) is 18.3. The minimum absolute atomic E-state index is 0.000209. The van der Waals surface area contributed by atoms with Crippen molar-refractivity contribution in [3.05, 3.63) is 71.3 Å². The number of nitrogens with one attached hydrogen (secondary N) is 1. The first-order valence-electron chi connectivity index (χ1n) is 9.43. The van der Waals surface area contributed by atoms with Gasteiger partial charge in [0.25, 0.3) is 5.91 Å². The summed E-state index contributed by atoms with van der Waals surface area (Å²) in [5, 5.41) is 3.15. The highest BCUT2D eigenvalue weighted by Gasteiger charge is 2.14. The molecule has 2 aromatic rings. The predicted molar refractivity (Wildman–Crippen MR) is 103 cm³/mol. The fraction of sp³-hybridized carbons (Fsp3) is 0.409. The lowest BCUT2D eigenvalue weighted by molar-refractivity contribution is 0.0935. The summed E-state index contributed by atoms with van der Waals surface area (Å²) in [4.78, 5) is 15.1. The maximum Gasteiger partial charge on any atom is 0.251 e. The monoisotopic (exact) mass is 336 g/mol. The number of amides is 1. The van der Waals surface area contributed by atoms with Crippen molar-refractivity contribution in [2.24, 2.45) is 0 Å². The average Bonchev–Trinajstić information content (AvgIpc) is 2.68. The molecule has 3 nitrogen and oxygen atoms in total. The van der Waals surface area contributed by atoms with E-state index in [4.69, 9.17) is 0 Å². The molecule has 0 aromatic heterocycles. The van der Waals surface area contributed by atoms with Crippen LogP contribution in [-0.2, 0) is 6.54 Å². The van der Waals surface area contributed by atoms with Crippen LogP contribution in [0.25, 0.3) is 0 Å². The Bertz CT molecular complexity index is 660. The van der Waals surface area contributed by atoms with E-state index in [-0.39, 0.29) is 11.9 Å². The van der Waals surface area contributed by atoms with E-state index >= 15 is 0 Å². The van der Waals surface area contributed by atoms with E-state index in [1.54, 1.807) is 0 Å². The Morgan fingerprint density at radius 3 is 2.32 bits per heavy atom. The van der Waals surface area contributed by atoms with Crippen LogP contribution < -0.4 is 5.32 Å². The van der Waals surface area contributed by atoms with Crippen LogP contribution in [0.5, 0.6) is 0 Å². The van der Waals surface area contributed by atoms with Gasteiger partial charge in [-0.25, -0.2) is 0 Å². The summed E-state index contributed by atoms with van der Waals surface area (Å²) in [7, 11) is 0. The Kier molecular flexibility index (Phi) is 6.24. The van der Waals surface area contributed by atoms with Gasteiger partial charge in [0.1, 0.15) is 0 Å². The lowest BCUT2D eigenvalue weighted by Crippen LogP contribution is -2.29. The molecule has 132 valence electrons. The van der Waals surface area contributed by atoms with Crippen molar-refractivity contribution < 1.29 is 4.79 Å². The highest BCUT2D eigenvalue weighted by Crippen LogP contribution is 2.18. The molecule has 1 atom stereocenters. The molecule has 3 heteroatoms. The van der Waals surface area contributed by atoms with Crippen molar-refractivity contribution in [2.75, 3.05) is 13.1 Å². The molecule has 1 aliphatic heterocycles. The third-order valence-corrected chi connectivity index (χ3v) is 4.99. The van der Waals surface area contributed by atoms with Gasteiger partial charge in [-0.15, -0.1) is 0 Å². The molecule has 0 bridgehead atoms. The molecule has 0 unspecified atom stereocenters. The Hall–Kier alpha value is -2.13. The van der Waals surface area contributed by atoms with E-state index in [0.717, 1.165) is 24.1 Å². The molecule has 1 fully saturated rings. The zero-order chi connectivity index (χ0) is 17.5. The number of hydrogen-bond acceptors (Lipinski definition) is 2. The summed E-state index contributed by atoms with van der Waals surface area (Å²) in [5.41, 5.74) is 3.17. The molecule has 1 heterocycles. The van der Waals surface area contributed by atoms with E-state index in [9.17, 15) is 4.79 Å². The first-order chi connectivity index (χ1) is 12.3. The molecule has 3 rings (SSSR count). The Balaban J connectivity index is 1.60. The fourth-order valence-corrected chi connectivity index (χ4v) is 3.49. The van der Waals surface area contributed by atoms with Gasteiger partial charge in [0, 0.05) is 12.1 Å². The van der Waals surface area contributed by atoms with Crippen molar-refractivity contribution >= 4 is 5.91 Å². The minimum Gasteiger partial charge on any atom is -0.345 e. The molecule has 1 N–H and O–H groups in total. The molecule has 2 aromatic carbocycles. The fourth-order valence-electron chi connectivity index (χ4n) is 3.49. The molecule has 0 spiro atoms. The molecular formula is C22H28N2O. The van der Waals surface area contributed by atoms with Crippen LogP contribution in [0.4, 0.5) is 0 Å². The van der Waals surface area contributed by atoms with Gasteiger partial charge < -0.3 is 5.32 Å². The van der Waals surface area contributed by atoms with Crippen molar-refractivity contribution in [2.45, 2.75) is 45.2 Å². The second-order valence-electron chi connectivity index (χ2n) is 6.88. The van der Waals surface area contributed by atoms with Gasteiger partial charge in [-0.05, 0) is 55.6 Å². The largest absolute Gasteiger partial charge is 0.345 e. The van der Waals surface area contributed by atoms with E-state index < -0.39 is 0 Å². The van der Waals surface area contributed by atoms with Crippen LogP contribution in [0.2, 0.25) is 0 Å². The lowest BCUT2D eigenvalue weighted by atomic mass is 10.0. The number of carbonyl (C=O) groups excluding carboxylic acids is 1. The first-order valence-corrected chi connectivity index (χ1v) is 9.43. The Morgan fingerprint density at radius 1 is 1.00 bits per heavy atom.